The summed E-state index contributed by atoms with van der Waals surface area (Å²) in [5, 5.41) is 8.20. The lowest BCUT2D eigenvalue weighted by molar-refractivity contribution is 0.124. The van der Waals surface area contributed by atoms with Crippen LogP contribution in [0.25, 0.3) is 0 Å². The molecule has 0 bridgehead atoms. The summed E-state index contributed by atoms with van der Waals surface area (Å²) < 4.78 is 28.2. The number of hydrogen-bond donors (Lipinski definition) is 3. The highest BCUT2D eigenvalue weighted by atomic mass is 32.2. The Balaban J connectivity index is 1.80. The van der Waals surface area contributed by atoms with Gasteiger partial charge in [0.15, 0.2) is 0 Å². The van der Waals surface area contributed by atoms with Gasteiger partial charge in [-0.3, -0.25) is 0 Å². The molecule has 2 rings (SSSR count). The Morgan fingerprint density at radius 1 is 1.35 bits per heavy atom. The fraction of sp³-hybridized carbons (Fsp3) is 0.538. The maximum absolute atomic E-state index is 11.3. The van der Waals surface area contributed by atoms with Crippen LogP contribution in [0, 0.1) is 5.92 Å². The van der Waals surface area contributed by atoms with Gasteiger partial charge in [0.1, 0.15) is 4.90 Å². The second-order valence-corrected chi connectivity index (χ2v) is 6.59. The predicted molar refractivity (Wildman–Crippen MR) is 78.9 cm³/mol. The van der Waals surface area contributed by atoms with E-state index < -0.39 is 10.0 Å². The molecule has 0 spiro atoms. The number of para-hydroxylation sites is 1. The summed E-state index contributed by atoms with van der Waals surface area (Å²) in [5.41, 5.74) is 6.55. The molecule has 0 amide bonds. The van der Waals surface area contributed by atoms with Crippen molar-refractivity contribution in [2.45, 2.75) is 24.2 Å². The Bertz CT molecular complexity index is 556. The Hall–Kier alpha value is -1.31. The second-order valence-electron chi connectivity index (χ2n) is 5.06. The first-order chi connectivity index (χ1) is 9.48. The van der Waals surface area contributed by atoms with E-state index >= 15 is 0 Å². The SMILES string of the molecule is Nc1c(NCCCOCC2CC2)cccc1S(N)(=O)=O. The van der Waals surface area contributed by atoms with E-state index in [-0.39, 0.29) is 10.6 Å². The van der Waals surface area contributed by atoms with Gasteiger partial charge in [0.05, 0.1) is 11.4 Å². The van der Waals surface area contributed by atoms with Gasteiger partial charge in [-0.05, 0) is 37.3 Å². The molecule has 0 aromatic heterocycles. The largest absolute Gasteiger partial charge is 0.396 e. The van der Waals surface area contributed by atoms with E-state index in [1.807, 2.05) is 0 Å². The van der Waals surface area contributed by atoms with E-state index in [1.165, 1.54) is 18.9 Å². The van der Waals surface area contributed by atoms with Crippen LogP contribution in [0.4, 0.5) is 11.4 Å². The molecule has 1 fully saturated rings. The van der Waals surface area contributed by atoms with Crippen LogP contribution < -0.4 is 16.2 Å². The van der Waals surface area contributed by atoms with Crippen molar-refractivity contribution in [1.29, 1.82) is 0 Å². The van der Waals surface area contributed by atoms with Gasteiger partial charge in [0.2, 0.25) is 10.0 Å². The first-order valence-electron chi connectivity index (χ1n) is 6.71. The third-order valence-electron chi connectivity index (χ3n) is 3.20. The van der Waals surface area contributed by atoms with Crippen LogP contribution in [0.5, 0.6) is 0 Å². The highest BCUT2D eigenvalue weighted by Crippen LogP contribution is 2.28. The molecule has 1 aliphatic carbocycles. The first-order valence-corrected chi connectivity index (χ1v) is 8.26. The molecule has 7 heteroatoms. The van der Waals surface area contributed by atoms with Gasteiger partial charge in [-0.25, -0.2) is 13.6 Å². The molecule has 1 aliphatic rings. The van der Waals surface area contributed by atoms with E-state index in [4.69, 9.17) is 15.6 Å². The van der Waals surface area contributed by atoms with Crippen LogP contribution in [-0.4, -0.2) is 28.2 Å². The van der Waals surface area contributed by atoms with Gasteiger partial charge < -0.3 is 15.8 Å². The Kier molecular flexibility index (Phi) is 4.85. The topological polar surface area (TPSA) is 107 Å². The van der Waals surface area contributed by atoms with Gasteiger partial charge >= 0.3 is 0 Å². The average molecular weight is 299 g/mol. The third-order valence-corrected chi connectivity index (χ3v) is 4.17. The fourth-order valence-corrected chi connectivity index (χ4v) is 2.56. The molecule has 1 saturated carbocycles. The molecule has 0 unspecified atom stereocenters. The van der Waals surface area contributed by atoms with Crippen molar-refractivity contribution in [2.24, 2.45) is 11.1 Å². The van der Waals surface area contributed by atoms with Gasteiger partial charge in [-0.2, -0.15) is 0 Å². The highest BCUT2D eigenvalue weighted by molar-refractivity contribution is 7.89. The van der Waals surface area contributed by atoms with Gasteiger partial charge in [-0.15, -0.1) is 0 Å². The van der Waals surface area contributed by atoms with Gasteiger partial charge in [-0.1, -0.05) is 6.07 Å². The molecule has 0 radical (unpaired) electrons. The normalized spacial score (nSPS) is 15.2. The van der Waals surface area contributed by atoms with Crippen LogP contribution in [0.1, 0.15) is 19.3 Å². The van der Waals surface area contributed by atoms with Crippen molar-refractivity contribution < 1.29 is 13.2 Å². The average Bonchev–Trinajstić information content (AvgIpc) is 3.18. The molecule has 20 heavy (non-hydrogen) atoms. The number of benzene rings is 1. The van der Waals surface area contributed by atoms with E-state index in [9.17, 15) is 8.42 Å². The molecule has 1 aromatic carbocycles. The quantitative estimate of drug-likeness (QED) is 0.493. The first kappa shape index (κ1) is 15.1. The lowest BCUT2D eigenvalue weighted by atomic mass is 10.2. The van der Waals surface area contributed by atoms with E-state index in [1.54, 1.807) is 12.1 Å². The number of rotatable bonds is 8. The van der Waals surface area contributed by atoms with Crippen molar-refractivity contribution in [1.82, 2.24) is 0 Å². The Morgan fingerprint density at radius 2 is 2.10 bits per heavy atom. The lowest BCUT2D eigenvalue weighted by Crippen LogP contribution is -2.16. The minimum Gasteiger partial charge on any atom is -0.396 e. The number of nitrogens with one attached hydrogen (secondary N) is 1. The minimum atomic E-state index is -3.79. The Morgan fingerprint density at radius 3 is 2.75 bits per heavy atom. The highest BCUT2D eigenvalue weighted by Gasteiger charge is 2.20. The molecule has 6 nitrogen and oxygen atoms in total. The molecule has 0 atom stereocenters. The van der Waals surface area contributed by atoms with E-state index in [0.29, 0.717) is 18.8 Å². The molecule has 1 aromatic rings. The Labute approximate surface area is 119 Å². The molecule has 0 heterocycles. The minimum absolute atomic E-state index is 0.0486. The second kappa shape index (κ2) is 6.43. The number of anilines is 2. The standard InChI is InChI=1S/C13H21N3O3S/c14-13-11(3-1-4-12(13)20(15,17)18)16-7-2-8-19-9-10-5-6-10/h1,3-4,10,16H,2,5-9,14H2,(H2,15,17,18). The van der Waals surface area contributed by atoms with Crippen LogP contribution in [0.2, 0.25) is 0 Å². The number of hydrogen-bond acceptors (Lipinski definition) is 5. The van der Waals surface area contributed by atoms with Crippen molar-refractivity contribution in [3.8, 4) is 0 Å². The smallest absolute Gasteiger partial charge is 0.240 e. The summed E-state index contributed by atoms with van der Waals surface area (Å²) in [6.45, 7) is 2.21. The molecular weight excluding hydrogens is 278 g/mol. The van der Waals surface area contributed by atoms with E-state index in [0.717, 1.165) is 18.9 Å². The monoisotopic (exact) mass is 299 g/mol. The van der Waals surface area contributed by atoms with Crippen LogP contribution in [0.3, 0.4) is 0 Å². The summed E-state index contributed by atoms with van der Waals surface area (Å²) in [6, 6.07) is 4.74. The number of nitrogen functional groups attached to an aromatic ring is 1. The molecule has 0 saturated heterocycles. The van der Waals surface area contributed by atoms with Crippen molar-refractivity contribution in [2.75, 3.05) is 30.8 Å². The van der Waals surface area contributed by atoms with Crippen molar-refractivity contribution in [3.63, 3.8) is 0 Å². The van der Waals surface area contributed by atoms with Crippen LogP contribution in [0.15, 0.2) is 23.1 Å². The number of nitrogens with two attached hydrogens (primary N) is 2. The van der Waals surface area contributed by atoms with Crippen molar-refractivity contribution >= 4 is 21.4 Å². The molecule has 112 valence electrons. The summed E-state index contributed by atoms with van der Waals surface area (Å²) >= 11 is 0. The zero-order chi connectivity index (χ0) is 14.6. The molecule has 5 N–H and O–H groups in total. The zero-order valence-corrected chi connectivity index (χ0v) is 12.2. The fourth-order valence-electron chi connectivity index (χ4n) is 1.88. The predicted octanol–water partition coefficient (Wildman–Crippen LogP) is 1.14. The maximum atomic E-state index is 11.3. The van der Waals surface area contributed by atoms with Gasteiger partial charge in [0, 0.05) is 19.8 Å². The maximum Gasteiger partial charge on any atom is 0.240 e. The number of primary sulfonamides is 1. The zero-order valence-electron chi connectivity index (χ0n) is 11.3. The van der Waals surface area contributed by atoms with E-state index in [2.05, 4.69) is 5.32 Å². The molecule has 0 aliphatic heterocycles. The summed E-state index contributed by atoms with van der Waals surface area (Å²) in [6.07, 6.45) is 3.41. The summed E-state index contributed by atoms with van der Waals surface area (Å²) in [4.78, 5) is -0.0486. The molecular formula is C13H21N3O3S. The van der Waals surface area contributed by atoms with Crippen molar-refractivity contribution in [3.05, 3.63) is 18.2 Å². The van der Waals surface area contributed by atoms with Crippen LogP contribution >= 0.6 is 0 Å². The number of ether oxygens (including phenoxy) is 1. The third kappa shape index (κ3) is 4.36. The summed E-state index contributed by atoms with van der Waals surface area (Å²) in [7, 11) is -3.79. The summed E-state index contributed by atoms with van der Waals surface area (Å²) in [5.74, 6) is 0.769. The van der Waals surface area contributed by atoms with Crippen LogP contribution in [-0.2, 0) is 14.8 Å². The number of sulfonamides is 1. The van der Waals surface area contributed by atoms with Gasteiger partial charge in [0.25, 0.3) is 0 Å². The lowest BCUT2D eigenvalue weighted by Gasteiger charge is -2.12.